The second-order valence-corrected chi connectivity index (χ2v) is 2.88. The highest BCUT2D eigenvalue weighted by Crippen LogP contribution is 2.19. The lowest BCUT2D eigenvalue weighted by molar-refractivity contribution is 1.06. The highest BCUT2D eigenvalue weighted by Gasteiger charge is 1.99. The smallest absolute Gasteiger partial charge is 0.00917 e. The van der Waals surface area contributed by atoms with E-state index in [0.29, 0.717) is 0 Å². The topological polar surface area (TPSA) is 0 Å². The minimum atomic E-state index is 1.07. The number of rotatable bonds is 2. The van der Waals surface area contributed by atoms with Crippen LogP contribution in [0.2, 0.25) is 0 Å². The fraction of sp³-hybridized carbons (Fsp3) is 0.333. The molecule has 0 aliphatic heterocycles. The number of hydrogen-bond acceptors (Lipinski definition) is 0. The second-order valence-electron chi connectivity index (χ2n) is 2.88. The van der Waals surface area contributed by atoms with E-state index < -0.39 is 0 Å². The van der Waals surface area contributed by atoms with Crippen LogP contribution in [0.3, 0.4) is 0 Å². The molecule has 0 saturated heterocycles. The number of allylic oxidation sites excluding steroid dienone is 8. The minimum Gasteiger partial charge on any atom is -0.0842 e. The summed E-state index contributed by atoms with van der Waals surface area (Å²) in [7, 11) is 0. The first-order chi connectivity index (χ1) is 5.88. The van der Waals surface area contributed by atoms with Gasteiger partial charge < -0.3 is 0 Å². The molecule has 1 aliphatic carbocycles. The molecular formula is C12H16. The molecule has 0 heterocycles. The summed E-state index contributed by atoms with van der Waals surface area (Å²) in [6.45, 7) is 4.31. The summed E-state index contributed by atoms with van der Waals surface area (Å²) < 4.78 is 0. The Morgan fingerprint density at radius 2 is 2.25 bits per heavy atom. The summed E-state index contributed by atoms with van der Waals surface area (Å²) in [4.78, 5) is 0. The van der Waals surface area contributed by atoms with Gasteiger partial charge in [-0.05, 0) is 30.9 Å². The SMILES string of the molecule is C/C=C(\CC)C1=CC=CC=CC1. The van der Waals surface area contributed by atoms with E-state index in [0.717, 1.165) is 12.8 Å². The Morgan fingerprint density at radius 1 is 1.42 bits per heavy atom. The Bertz CT molecular complexity index is 249. The van der Waals surface area contributed by atoms with E-state index in [1.807, 2.05) is 0 Å². The molecule has 0 radical (unpaired) electrons. The largest absolute Gasteiger partial charge is 0.0842 e. The molecule has 12 heavy (non-hydrogen) atoms. The van der Waals surface area contributed by atoms with Gasteiger partial charge >= 0.3 is 0 Å². The summed E-state index contributed by atoms with van der Waals surface area (Å²) in [5, 5.41) is 0. The van der Waals surface area contributed by atoms with Crippen molar-refractivity contribution >= 4 is 0 Å². The molecule has 0 aromatic carbocycles. The average molecular weight is 160 g/mol. The molecule has 0 amide bonds. The van der Waals surface area contributed by atoms with Crippen LogP contribution in [0.5, 0.6) is 0 Å². The van der Waals surface area contributed by atoms with E-state index in [1.165, 1.54) is 11.1 Å². The van der Waals surface area contributed by atoms with Crippen molar-refractivity contribution in [2.45, 2.75) is 26.7 Å². The van der Waals surface area contributed by atoms with Gasteiger partial charge in [-0.3, -0.25) is 0 Å². The fourth-order valence-electron chi connectivity index (χ4n) is 1.43. The quantitative estimate of drug-likeness (QED) is 0.576. The van der Waals surface area contributed by atoms with E-state index in [2.05, 4.69) is 50.3 Å². The molecule has 0 spiro atoms. The first kappa shape index (κ1) is 9.05. The molecule has 0 bridgehead atoms. The lowest BCUT2D eigenvalue weighted by Crippen LogP contribution is -1.86. The van der Waals surface area contributed by atoms with Crippen LogP contribution in [0.15, 0.2) is 47.6 Å². The predicted molar refractivity (Wildman–Crippen MR) is 55.0 cm³/mol. The normalized spacial score (nSPS) is 17.5. The zero-order valence-electron chi connectivity index (χ0n) is 7.88. The third-order valence-electron chi connectivity index (χ3n) is 2.14. The van der Waals surface area contributed by atoms with Crippen molar-refractivity contribution < 1.29 is 0 Å². The van der Waals surface area contributed by atoms with Crippen molar-refractivity contribution in [3.8, 4) is 0 Å². The molecule has 0 heteroatoms. The third-order valence-corrected chi connectivity index (χ3v) is 2.14. The van der Waals surface area contributed by atoms with Gasteiger partial charge in [-0.2, -0.15) is 0 Å². The maximum Gasteiger partial charge on any atom is -0.00917 e. The minimum absolute atomic E-state index is 1.07. The maximum absolute atomic E-state index is 2.21. The van der Waals surface area contributed by atoms with E-state index in [9.17, 15) is 0 Å². The van der Waals surface area contributed by atoms with Crippen LogP contribution >= 0.6 is 0 Å². The monoisotopic (exact) mass is 160 g/mol. The first-order valence-electron chi connectivity index (χ1n) is 4.56. The maximum atomic E-state index is 2.21. The molecule has 0 saturated carbocycles. The molecule has 0 fully saturated rings. The molecule has 64 valence electrons. The summed E-state index contributed by atoms with van der Waals surface area (Å²) in [5.41, 5.74) is 2.91. The van der Waals surface area contributed by atoms with Crippen LogP contribution in [0, 0.1) is 0 Å². The van der Waals surface area contributed by atoms with Gasteiger partial charge in [-0.1, -0.05) is 43.4 Å². The van der Waals surface area contributed by atoms with Crippen LogP contribution in [0.4, 0.5) is 0 Å². The van der Waals surface area contributed by atoms with Crippen molar-refractivity contribution in [3.63, 3.8) is 0 Å². The van der Waals surface area contributed by atoms with E-state index in [4.69, 9.17) is 0 Å². The lowest BCUT2D eigenvalue weighted by Gasteiger charge is -2.05. The van der Waals surface area contributed by atoms with Crippen molar-refractivity contribution in [1.82, 2.24) is 0 Å². The van der Waals surface area contributed by atoms with Crippen LogP contribution in [-0.2, 0) is 0 Å². The van der Waals surface area contributed by atoms with Crippen molar-refractivity contribution in [2.24, 2.45) is 0 Å². The second kappa shape index (κ2) is 4.76. The van der Waals surface area contributed by atoms with Crippen molar-refractivity contribution in [3.05, 3.63) is 47.6 Å². The van der Waals surface area contributed by atoms with Crippen molar-refractivity contribution in [1.29, 1.82) is 0 Å². The van der Waals surface area contributed by atoms with E-state index in [-0.39, 0.29) is 0 Å². The molecule has 1 aliphatic rings. The van der Waals surface area contributed by atoms with Gasteiger partial charge in [0.15, 0.2) is 0 Å². The molecule has 0 N–H and O–H groups in total. The van der Waals surface area contributed by atoms with Crippen LogP contribution in [0.1, 0.15) is 26.7 Å². The van der Waals surface area contributed by atoms with Gasteiger partial charge in [-0.25, -0.2) is 0 Å². The molecule has 0 unspecified atom stereocenters. The molecule has 0 aromatic heterocycles. The van der Waals surface area contributed by atoms with Gasteiger partial charge in [0.2, 0.25) is 0 Å². The standard InChI is InChI=1S/C12H16/c1-3-11(4-2)12-9-7-5-6-8-10-12/h3,5-9H,4,10H2,1-2H3/b11-3+. The number of hydrogen-bond donors (Lipinski definition) is 0. The zero-order valence-corrected chi connectivity index (χ0v) is 7.88. The van der Waals surface area contributed by atoms with Crippen LogP contribution < -0.4 is 0 Å². The highest BCUT2D eigenvalue weighted by atomic mass is 14.0. The average Bonchev–Trinajstić information content (AvgIpc) is 2.35. The van der Waals surface area contributed by atoms with E-state index >= 15 is 0 Å². The molecule has 0 aromatic rings. The zero-order chi connectivity index (χ0) is 8.81. The van der Waals surface area contributed by atoms with Crippen LogP contribution in [0.25, 0.3) is 0 Å². The van der Waals surface area contributed by atoms with Crippen LogP contribution in [-0.4, -0.2) is 0 Å². The third kappa shape index (κ3) is 2.23. The molecular weight excluding hydrogens is 144 g/mol. The summed E-state index contributed by atoms with van der Waals surface area (Å²) in [5.74, 6) is 0. The Hall–Kier alpha value is -1.04. The van der Waals surface area contributed by atoms with Gasteiger partial charge in [0.05, 0.1) is 0 Å². The summed E-state index contributed by atoms with van der Waals surface area (Å²) in [6, 6.07) is 0. The van der Waals surface area contributed by atoms with Gasteiger partial charge in [0, 0.05) is 0 Å². The molecule has 0 atom stereocenters. The fourth-order valence-corrected chi connectivity index (χ4v) is 1.43. The van der Waals surface area contributed by atoms with Gasteiger partial charge in [0.25, 0.3) is 0 Å². The molecule has 1 rings (SSSR count). The summed E-state index contributed by atoms with van der Waals surface area (Å²) >= 11 is 0. The Balaban J connectivity index is 2.80. The Kier molecular flexibility index (Phi) is 3.59. The Morgan fingerprint density at radius 3 is 2.92 bits per heavy atom. The van der Waals surface area contributed by atoms with Crippen molar-refractivity contribution in [2.75, 3.05) is 0 Å². The predicted octanol–water partition coefficient (Wildman–Crippen LogP) is 3.79. The molecule has 0 nitrogen and oxygen atoms in total. The first-order valence-corrected chi connectivity index (χ1v) is 4.56. The van der Waals surface area contributed by atoms with Gasteiger partial charge in [0.1, 0.15) is 0 Å². The Labute approximate surface area is 75.0 Å². The lowest BCUT2D eigenvalue weighted by atomic mass is 10.0. The summed E-state index contributed by atoms with van der Waals surface area (Å²) in [6.07, 6.45) is 15.1. The van der Waals surface area contributed by atoms with E-state index in [1.54, 1.807) is 0 Å². The highest BCUT2D eigenvalue weighted by molar-refractivity contribution is 5.37. The van der Waals surface area contributed by atoms with Gasteiger partial charge in [-0.15, -0.1) is 0 Å².